The van der Waals surface area contributed by atoms with E-state index in [2.05, 4.69) is 64.8 Å². The number of fused-ring (bicyclic) bond motifs is 1. The quantitative estimate of drug-likeness (QED) is 0.729. The van der Waals surface area contributed by atoms with Gasteiger partial charge in [-0.25, -0.2) is 4.98 Å². The van der Waals surface area contributed by atoms with Gasteiger partial charge in [-0.15, -0.1) is 0 Å². The van der Waals surface area contributed by atoms with Crippen molar-refractivity contribution in [2.75, 3.05) is 29.9 Å². The number of nitrogens with zero attached hydrogens (tertiary/aromatic N) is 3. The SMILES string of the molecule is c1ccc(CCNc2nc(N3CCCCCC3)nc3ccccc23)cc1. The molecule has 4 heteroatoms. The van der Waals surface area contributed by atoms with Crippen molar-refractivity contribution in [1.82, 2.24) is 9.97 Å². The van der Waals surface area contributed by atoms with E-state index in [1.807, 2.05) is 0 Å². The Bertz CT molecular complexity index is 839. The molecule has 1 aromatic heterocycles. The van der Waals surface area contributed by atoms with Crippen LogP contribution in [0.15, 0.2) is 54.6 Å². The fraction of sp³-hybridized carbons (Fsp3) is 0.364. The van der Waals surface area contributed by atoms with Crippen LogP contribution in [-0.2, 0) is 6.42 Å². The van der Waals surface area contributed by atoms with E-state index in [1.54, 1.807) is 0 Å². The summed E-state index contributed by atoms with van der Waals surface area (Å²) in [6.07, 6.45) is 6.07. The molecule has 3 aromatic rings. The normalized spacial score (nSPS) is 15.0. The summed E-state index contributed by atoms with van der Waals surface area (Å²) in [5.41, 5.74) is 2.36. The summed E-state index contributed by atoms with van der Waals surface area (Å²) in [5.74, 6) is 1.82. The lowest BCUT2D eigenvalue weighted by atomic mass is 10.1. The number of nitrogens with one attached hydrogen (secondary N) is 1. The van der Waals surface area contributed by atoms with Crippen LogP contribution in [0.2, 0.25) is 0 Å². The Hall–Kier alpha value is -2.62. The molecule has 134 valence electrons. The zero-order valence-corrected chi connectivity index (χ0v) is 15.2. The van der Waals surface area contributed by atoms with Crippen molar-refractivity contribution in [2.45, 2.75) is 32.1 Å². The van der Waals surface area contributed by atoms with E-state index < -0.39 is 0 Å². The molecule has 0 atom stereocenters. The molecule has 1 fully saturated rings. The number of para-hydroxylation sites is 1. The summed E-state index contributed by atoms with van der Waals surface area (Å²) in [6.45, 7) is 2.98. The monoisotopic (exact) mass is 346 g/mol. The maximum atomic E-state index is 4.90. The number of anilines is 2. The number of rotatable bonds is 5. The first kappa shape index (κ1) is 16.8. The second-order valence-corrected chi connectivity index (χ2v) is 6.95. The van der Waals surface area contributed by atoms with Gasteiger partial charge in [0, 0.05) is 25.0 Å². The second kappa shape index (κ2) is 8.17. The van der Waals surface area contributed by atoms with Gasteiger partial charge in [0.05, 0.1) is 5.52 Å². The lowest BCUT2D eigenvalue weighted by Crippen LogP contribution is -2.26. The molecule has 2 heterocycles. The molecule has 0 unspecified atom stereocenters. The molecule has 1 N–H and O–H groups in total. The number of hydrogen-bond acceptors (Lipinski definition) is 4. The smallest absolute Gasteiger partial charge is 0.227 e. The summed E-state index contributed by atoms with van der Waals surface area (Å²) in [5, 5.41) is 4.65. The average Bonchev–Trinajstić information content (AvgIpc) is 2.98. The van der Waals surface area contributed by atoms with E-state index in [0.717, 1.165) is 48.7 Å². The molecule has 0 saturated carbocycles. The third-order valence-electron chi connectivity index (χ3n) is 5.03. The van der Waals surface area contributed by atoms with Gasteiger partial charge >= 0.3 is 0 Å². The molecule has 2 aromatic carbocycles. The van der Waals surface area contributed by atoms with Crippen molar-refractivity contribution in [3.8, 4) is 0 Å². The molecular formula is C22H26N4. The number of aromatic nitrogens is 2. The van der Waals surface area contributed by atoms with Gasteiger partial charge in [0.1, 0.15) is 5.82 Å². The first-order valence-electron chi connectivity index (χ1n) is 9.70. The maximum absolute atomic E-state index is 4.90. The minimum atomic E-state index is 0.866. The zero-order chi connectivity index (χ0) is 17.6. The summed E-state index contributed by atoms with van der Waals surface area (Å²) in [4.78, 5) is 12.1. The summed E-state index contributed by atoms with van der Waals surface area (Å²) < 4.78 is 0. The predicted molar refractivity (Wildman–Crippen MR) is 109 cm³/mol. The highest BCUT2D eigenvalue weighted by molar-refractivity contribution is 5.90. The van der Waals surface area contributed by atoms with Crippen molar-refractivity contribution in [2.24, 2.45) is 0 Å². The van der Waals surface area contributed by atoms with Crippen LogP contribution in [0.3, 0.4) is 0 Å². The van der Waals surface area contributed by atoms with Gasteiger partial charge in [-0.05, 0) is 37.0 Å². The third kappa shape index (κ3) is 3.96. The van der Waals surface area contributed by atoms with Gasteiger partial charge in [0.25, 0.3) is 0 Å². The molecule has 0 amide bonds. The van der Waals surface area contributed by atoms with Gasteiger partial charge in [-0.3, -0.25) is 0 Å². The molecule has 26 heavy (non-hydrogen) atoms. The highest BCUT2D eigenvalue weighted by atomic mass is 15.3. The van der Waals surface area contributed by atoms with E-state index >= 15 is 0 Å². The van der Waals surface area contributed by atoms with Crippen LogP contribution in [0.5, 0.6) is 0 Å². The fourth-order valence-electron chi connectivity index (χ4n) is 3.58. The topological polar surface area (TPSA) is 41.1 Å². The molecule has 1 aliphatic rings. The zero-order valence-electron chi connectivity index (χ0n) is 15.2. The summed E-state index contributed by atoms with van der Waals surface area (Å²) in [7, 11) is 0. The van der Waals surface area contributed by atoms with Crippen LogP contribution in [-0.4, -0.2) is 29.6 Å². The molecule has 0 bridgehead atoms. The standard InChI is InChI=1S/C22H26N4/c1-2-9-17-26(16-8-1)22-24-20-13-7-6-12-19(20)21(25-22)23-15-14-18-10-4-3-5-11-18/h3-7,10-13H,1-2,8-9,14-17H2,(H,23,24,25). The van der Waals surface area contributed by atoms with E-state index in [4.69, 9.17) is 9.97 Å². The first-order chi connectivity index (χ1) is 12.9. The third-order valence-corrected chi connectivity index (χ3v) is 5.03. The number of benzene rings is 2. The van der Waals surface area contributed by atoms with Gasteiger partial charge in [-0.1, -0.05) is 55.3 Å². The van der Waals surface area contributed by atoms with Crippen LogP contribution < -0.4 is 10.2 Å². The van der Waals surface area contributed by atoms with E-state index in [1.165, 1.54) is 31.2 Å². The maximum Gasteiger partial charge on any atom is 0.227 e. The Morgan fingerprint density at radius 1 is 0.808 bits per heavy atom. The number of hydrogen-bond donors (Lipinski definition) is 1. The lowest BCUT2D eigenvalue weighted by Gasteiger charge is -2.21. The van der Waals surface area contributed by atoms with Crippen LogP contribution in [0.1, 0.15) is 31.2 Å². The Kier molecular flexibility index (Phi) is 5.29. The molecule has 4 rings (SSSR count). The fourth-order valence-corrected chi connectivity index (χ4v) is 3.58. The van der Waals surface area contributed by atoms with Crippen molar-refractivity contribution in [1.29, 1.82) is 0 Å². The van der Waals surface area contributed by atoms with Crippen molar-refractivity contribution in [3.05, 3.63) is 60.2 Å². The Labute approximate surface area is 155 Å². The van der Waals surface area contributed by atoms with Crippen LogP contribution in [0.4, 0.5) is 11.8 Å². The van der Waals surface area contributed by atoms with Crippen LogP contribution in [0.25, 0.3) is 10.9 Å². The van der Waals surface area contributed by atoms with Crippen molar-refractivity contribution >= 4 is 22.7 Å². The van der Waals surface area contributed by atoms with E-state index in [-0.39, 0.29) is 0 Å². The van der Waals surface area contributed by atoms with Gasteiger partial charge in [0.15, 0.2) is 0 Å². The second-order valence-electron chi connectivity index (χ2n) is 6.95. The summed E-state index contributed by atoms with van der Waals surface area (Å²) in [6, 6.07) is 18.9. The average molecular weight is 346 g/mol. The largest absolute Gasteiger partial charge is 0.369 e. The molecule has 1 saturated heterocycles. The first-order valence-corrected chi connectivity index (χ1v) is 9.70. The molecule has 0 aliphatic carbocycles. The minimum Gasteiger partial charge on any atom is -0.369 e. The van der Waals surface area contributed by atoms with Gasteiger partial charge in [-0.2, -0.15) is 4.98 Å². The van der Waals surface area contributed by atoms with Crippen molar-refractivity contribution in [3.63, 3.8) is 0 Å². The van der Waals surface area contributed by atoms with Gasteiger partial charge < -0.3 is 10.2 Å². The Morgan fingerprint density at radius 3 is 2.35 bits per heavy atom. The summed E-state index contributed by atoms with van der Waals surface area (Å²) >= 11 is 0. The van der Waals surface area contributed by atoms with Crippen molar-refractivity contribution < 1.29 is 0 Å². The molecule has 0 radical (unpaired) electrons. The highest BCUT2D eigenvalue weighted by Gasteiger charge is 2.15. The molecule has 4 nitrogen and oxygen atoms in total. The lowest BCUT2D eigenvalue weighted by molar-refractivity contribution is 0.726. The molecular weight excluding hydrogens is 320 g/mol. The van der Waals surface area contributed by atoms with E-state index in [9.17, 15) is 0 Å². The predicted octanol–water partition coefficient (Wildman–Crippen LogP) is 4.66. The highest BCUT2D eigenvalue weighted by Crippen LogP contribution is 2.25. The van der Waals surface area contributed by atoms with E-state index in [0.29, 0.717) is 0 Å². The minimum absolute atomic E-state index is 0.866. The van der Waals surface area contributed by atoms with Gasteiger partial charge in [0.2, 0.25) is 5.95 Å². The van der Waals surface area contributed by atoms with Crippen LogP contribution in [0, 0.1) is 0 Å². The molecule has 1 aliphatic heterocycles. The molecule has 0 spiro atoms. The van der Waals surface area contributed by atoms with Crippen LogP contribution >= 0.6 is 0 Å². The Morgan fingerprint density at radius 2 is 1.54 bits per heavy atom. The Balaban J connectivity index is 1.57.